The molecule has 0 saturated carbocycles. The first-order valence-corrected chi connectivity index (χ1v) is 7.16. The van der Waals surface area contributed by atoms with Crippen molar-refractivity contribution < 1.29 is 4.79 Å². The van der Waals surface area contributed by atoms with Crippen molar-refractivity contribution >= 4 is 40.0 Å². The second-order valence-electron chi connectivity index (χ2n) is 4.27. The number of aromatic nitrogens is 1. The van der Waals surface area contributed by atoms with Crippen molar-refractivity contribution in [2.75, 3.05) is 23.7 Å². The van der Waals surface area contributed by atoms with E-state index in [4.69, 9.17) is 11.5 Å². The molecular weight excluding hydrogens is 256 g/mol. The second kappa shape index (κ2) is 4.73. The van der Waals surface area contributed by atoms with Gasteiger partial charge in [-0.25, -0.2) is 0 Å². The number of rotatable bonds is 2. The second-order valence-corrected chi connectivity index (χ2v) is 6.91. The number of nitrogen functional groups attached to an aromatic ring is 1. The van der Waals surface area contributed by atoms with Crippen LogP contribution in [0.5, 0.6) is 0 Å². The maximum absolute atomic E-state index is 11.4. The number of amides is 1. The Labute approximate surface area is 109 Å². The molecule has 1 fully saturated rings. The summed E-state index contributed by atoms with van der Waals surface area (Å²) in [6.07, 6.45) is 0. The number of hydrogen-bond acceptors (Lipinski definition) is 6. The van der Waals surface area contributed by atoms with Gasteiger partial charge in [-0.15, -0.1) is 0 Å². The summed E-state index contributed by atoms with van der Waals surface area (Å²) in [4.78, 5) is 13.6. The molecule has 1 aliphatic heterocycles. The number of hydrogen-bond donors (Lipinski definition) is 2. The zero-order valence-electron chi connectivity index (χ0n) is 9.84. The molecule has 1 aromatic heterocycles. The average molecular weight is 272 g/mol. The van der Waals surface area contributed by atoms with Crippen LogP contribution < -0.4 is 16.4 Å². The summed E-state index contributed by atoms with van der Waals surface area (Å²) in [5.41, 5.74) is 11.4. The predicted molar refractivity (Wildman–Crippen MR) is 73.8 cm³/mol. The van der Waals surface area contributed by atoms with Crippen molar-refractivity contribution in [3.8, 4) is 0 Å². The van der Waals surface area contributed by atoms with Gasteiger partial charge in [0.25, 0.3) is 5.91 Å². The first-order valence-electron chi connectivity index (χ1n) is 5.44. The lowest BCUT2D eigenvalue weighted by atomic mass is 10.2. The summed E-state index contributed by atoms with van der Waals surface area (Å²) in [5.74, 6) is -0.249. The van der Waals surface area contributed by atoms with E-state index in [0.717, 1.165) is 18.1 Å². The van der Waals surface area contributed by atoms with Gasteiger partial charge in [0, 0.05) is 23.6 Å². The Morgan fingerprint density at radius 2 is 2.00 bits per heavy atom. The predicted octanol–water partition coefficient (Wildman–Crippen LogP) is 1.15. The van der Waals surface area contributed by atoms with Crippen molar-refractivity contribution in [3.05, 3.63) is 5.56 Å². The Hall–Kier alpha value is -0.950. The normalized spacial score (nSPS) is 24.9. The Balaban J connectivity index is 2.30. The fraction of sp³-hybridized carbons (Fsp3) is 0.600. The quantitative estimate of drug-likeness (QED) is 0.843. The average Bonchev–Trinajstić information content (AvgIpc) is 2.58. The molecule has 17 heavy (non-hydrogen) atoms. The maximum atomic E-state index is 11.4. The lowest BCUT2D eigenvalue weighted by molar-refractivity contribution is 0.100. The fourth-order valence-electron chi connectivity index (χ4n) is 2.08. The number of nitrogens with zero attached hydrogens (tertiary/aromatic N) is 2. The van der Waals surface area contributed by atoms with E-state index in [2.05, 4.69) is 23.1 Å². The van der Waals surface area contributed by atoms with E-state index in [1.807, 2.05) is 11.8 Å². The largest absolute Gasteiger partial charge is 0.382 e. The zero-order chi connectivity index (χ0) is 12.6. The van der Waals surface area contributed by atoms with E-state index < -0.39 is 5.91 Å². The molecule has 0 radical (unpaired) electrons. The van der Waals surface area contributed by atoms with Crippen LogP contribution in [0.1, 0.15) is 24.2 Å². The fourth-order valence-corrected chi connectivity index (χ4v) is 4.25. The van der Waals surface area contributed by atoms with Crippen LogP contribution in [0.25, 0.3) is 0 Å². The van der Waals surface area contributed by atoms with E-state index in [0.29, 0.717) is 16.1 Å². The highest BCUT2D eigenvalue weighted by Crippen LogP contribution is 2.35. The van der Waals surface area contributed by atoms with Crippen molar-refractivity contribution in [2.24, 2.45) is 5.73 Å². The van der Waals surface area contributed by atoms with E-state index in [-0.39, 0.29) is 5.82 Å². The molecule has 1 aliphatic rings. The molecule has 94 valence electrons. The molecular formula is C10H16N4OS2. The molecule has 7 heteroatoms. The highest BCUT2D eigenvalue weighted by atomic mass is 32.2. The first-order chi connectivity index (χ1) is 7.99. The minimum atomic E-state index is -0.496. The van der Waals surface area contributed by atoms with E-state index >= 15 is 0 Å². The van der Waals surface area contributed by atoms with Crippen LogP contribution in [-0.4, -0.2) is 33.9 Å². The molecule has 1 aromatic rings. The van der Waals surface area contributed by atoms with Crippen LogP contribution >= 0.6 is 23.3 Å². The Bertz CT molecular complexity index is 424. The van der Waals surface area contributed by atoms with Crippen molar-refractivity contribution in [2.45, 2.75) is 24.3 Å². The molecule has 1 saturated heterocycles. The molecule has 2 unspecified atom stereocenters. The Morgan fingerprint density at radius 1 is 1.41 bits per heavy atom. The zero-order valence-corrected chi connectivity index (χ0v) is 11.5. The summed E-state index contributed by atoms with van der Waals surface area (Å²) in [6, 6.07) is 0. The molecule has 2 heterocycles. The van der Waals surface area contributed by atoms with Crippen LogP contribution in [0.3, 0.4) is 0 Å². The van der Waals surface area contributed by atoms with Crippen molar-refractivity contribution in [1.29, 1.82) is 0 Å². The summed E-state index contributed by atoms with van der Waals surface area (Å²) < 4.78 is 4.03. The molecule has 4 N–H and O–H groups in total. The van der Waals surface area contributed by atoms with Crippen molar-refractivity contribution in [3.63, 3.8) is 0 Å². The summed E-state index contributed by atoms with van der Waals surface area (Å²) in [7, 11) is 0. The van der Waals surface area contributed by atoms with Gasteiger partial charge in [-0.1, -0.05) is 13.8 Å². The van der Waals surface area contributed by atoms with Gasteiger partial charge in [0.1, 0.15) is 10.6 Å². The lowest BCUT2D eigenvalue weighted by Gasteiger charge is -2.35. The number of thioether (sulfide) groups is 1. The molecule has 0 aromatic carbocycles. The van der Waals surface area contributed by atoms with Gasteiger partial charge in [-0.05, 0) is 11.5 Å². The summed E-state index contributed by atoms with van der Waals surface area (Å²) >= 11 is 3.21. The molecule has 0 spiro atoms. The van der Waals surface area contributed by atoms with E-state index in [1.165, 1.54) is 11.5 Å². The molecule has 2 atom stereocenters. The number of carbonyl (C=O) groups is 1. The SMILES string of the molecule is CC1CN(c2snc(N)c2C(N)=O)CC(C)S1. The van der Waals surface area contributed by atoms with Gasteiger partial charge in [-0.2, -0.15) is 16.1 Å². The van der Waals surface area contributed by atoms with Gasteiger partial charge in [0.05, 0.1) is 0 Å². The minimum absolute atomic E-state index is 0.246. The Morgan fingerprint density at radius 3 is 2.53 bits per heavy atom. The highest BCUT2D eigenvalue weighted by molar-refractivity contribution is 8.00. The monoisotopic (exact) mass is 272 g/mol. The maximum Gasteiger partial charge on any atom is 0.255 e. The molecule has 0 aliphatic carbocycles. The summed E-state index contributed by atoms with van der Waals surface area (Å²) in [5, 5.41) is 1.87. The van der Waals surface area contributed by atoms with Gasteiger partial charge in [0.2, 0.25) is 0 Å². The van der Waals surface area contributed by atoms with Crippen molar-refractivity contribution in [1.82, 2.24) is 4.37 Å². The summed E-state index contributed by atoms with van der Waals surface area (Å²) in [6.45, 7) is 6.16. The molecule has 0 bridgehead atoms. The number of anilines is 2. The van der Waals surface area contributed by atoms with Gasteiger partial charge >= 0.3 is 0 Å². The van der Waals surface area contributed by atoms with Crippen LogP contribution in [0, 0.1) is 0 Å². The number of nitrogens with two attached hydrogens (primary N) is 2. The minimum Gasteiger partial charge on any atom is -0.382 e. The number of primary amides is 1. The van der Waals surface area contributed by atoms with Crippen LogP contribution in [0.15, 0.2) is 0 Å². The van der Waals surface area contributed by atoms with Crippen LogP contribution in [0.2, 0.25) is 0 Å². The van der Waals surface area contributed by atoms with Crippen LogP contribution in [-0.2, 0) is 0 Å². The molecule has 2 rings (SSSR count). The topological polar surface area (TPSA) is 85.2 Å². The third-order valence-corrected chi connectivity index (χ3v) is 4.80. The number of carbonyl (C=O) groups excluding carboxylic acids is 1. The van der Waals surface area contributed by atoms with E-state index in [1.54, 1.807) is 0 Å². The third kappa shape index (κ3) is 2.50. The Kier molecular flexibility index (Phi) is 3.48. The van der Waals surface area contributed by atoms with Gasteiger partial charge in [0.15, 0.2) is 5.82 Å². The first kappa shape index (κ1) is 12.5. The third-order valence-electron chi connectivity index (χ3n) is 2.65. The smallest absolute Gasteiger partial charge is 0.255 e. The van der Waals surface area contributed by atoms with Crippen LogP contribution in [0.4, 0.5) is 10.8 Å². The van der Waals surface area contributed by atoms with Gasteiger partial charge < -0.3 is 16.4 Å². The highest BCUT2D eigenvalue weighted by Gasteiger charge is 2.28. The lowest BCUT2D eigenvalue weighted by Crippen LogP contribution is -2.40. The molecule has 1 amide bonds. The van der Waals surface area contributed by atoms with E-state index in [9.17, 15) is 4.79 Å². The standard InChI is InChI=1S/C10H16N4OS2/c1-5-3-14(4-6(2)16-5)10-7(9(12)15)8(11)13-17-10/h5-6H,3-4H2,1-2H3,(H2,11,13)(H2,12,15). The van der Waals surface area contributed by atoms with Gasteiger partial charge in [-0.3, -0.25) is 4.79 Å². The molecule has 5 nitrogen and oxygen atoms in total.